The first-order valence-corrected chi connectivity index (χ1v) is 6.91. The molecule has 0 saturated carbocycles. The molecule has 0 bridgehead atoms. The average Bonchev–Trinajstić information content (AvgIpc) is 2.75. The van der Waals surface area contributed by atoms with Gasteiger partial charge in [-0.1, -0.05) is 35.3 Å². The van der Waals surface area contributed by atoms with Gasteiger partial charge in [-0.2, -0.15) is 4.98 Å². The van der Waals surface area contributed by atoms with Gasteiger partial charge in [0, 0.05) is 10.0 Å². The van der Waals surface area contributed by atoms with E-state index >= 15 is 0 Å². The summed E-state index contributed by atoms with van der Waals surface area (Å²) in [6.07, 6.45) is 0. The van der Waals surface area contributed by atoms with E-state index in [1.54, 1.807) is 0 Å². The molecule has 1 heterocycles. The normalized spacial score (nSPS) is 11.1. The van der Waals surface area contributed by atoms with Crippen molar-refractivity contribution in [3.8, 4) is 11.1 Å². The fraction of sp³-hybridized carbons (Fsp3) is 0. The summed E-state index contributed by atoms with van der Waals surface area (Å²) in [5.74, 6) is 0. The van der Waals surface area contributed by atoms with Crippen LogP contribution in [0.2, 0.25) is 10.0 Å². The maximum Gasteiger partial charge on any atom is 0.293 e. The van der Waals surface area contributed by atoms with Crippen molar-refractivity contribution in [2.45, 2.75) is 0 Å². The number of aromatic nitrogens is 1. The third-order valence-corrected chi connectivity index (χ3v) is 4.35. The molecular formula is C13H7BrCl2N2O. The molecule has 2 N–H and O–H groups in total. The van der Waals surface area contributed by atoms with E-state index in [9.17, 15) is 0 Å². The van der Waals surface area contributed by atoms with Crippen molar-refractivity contribution < 1.29 is 4.42 Å². The number of halogens is 3. The van der Waals surface area contributed by atoms with Gasteiger partial charge in [-0.3, -0.25) is 0 Å². The molecule has 0 aliphatic rings. The number of nitrogens with zero attached hydrogens (tertiary/aromatic N) is 1. The summed E-state index contributed by atoms with van der Waals surface area (Å²) < 4.78 is 6.14. The number of oxazole rings is 1. The highest BCUT2D eigenvalue weighted by Crippen LogP contribution is 2.37. The third kappa shape index (κ3) is 2.20. The van der Waals surface area contributed by atoms with Crippen LogP contribution < -0.4 is 5.73 Å². The van der Waals surface area contributed by atoms with Crippen molar-refractivity contribution in [3.63, 3.8) is 0 Å². The first-order chi connectivity index (χ1) is 9.06. The van der Waals surface area contributed by atoms with Gasteiger partial charge in [0.25, 0.3) is 6.01 Å². The van der Waals surface area contributed by atoms with Crippen molar-refractivity contribution in [1.29, 1.82) is 0 Å². The minimum absolute atomic E-state index is 0.0999. The van der Waals surface area contributed by atoms with Crippen LogP contribution in [0.5, 0.6) is 0 Å². The molecule has 0 aliphatic carbocycles. The van der Waals surface area contributed by atoms with Crippen molar-refractivity contribution in [2.75, 3.05) is 5.73 Å². The van der Waals surface area contributed by atoms with Crippen LogP contribution in [0.15, 0.2) is 39.2 Å². The average molecular weight is 358 g/mol. The molecule has 0 atom stereocenters. The molecule has 6 heteroatoms. The molecule has 0 radical (unpaired) electrons. The molecule has 3 nitrogen and oxygen atoms in total. The molecule has 1 aromatic heterocycles. The van der Waals surface area contributed by atoms with Crippen molar-refractivity contribution in [3.05, 3.63) is 44.8 Å². The highest BCUT2D eigenvalue weighted by Gasteiger charge is 2.13. The minimum atomic E-state index is 0.0999. The van der Waals surface area contributed by atoms with Crippen LogP contribution in [0.4, 0.5) is 6.01 Å². The lowest BCUT2D eigenvalue weighted by Crippen LogP contribution is -1.82. The second kappa shape index (κ2) is 4.71. The number of anilines is 1. The Bertz CT molecular complexity index is 786. The molecule has 0 unspecified atom stereocenters. The van der Waals surface area contributed by atoms with E-state index in [0.29, 0.717) is 21.1 Å². The van der Waals surface area contributed by atoms with Crippen LogP contribution in [-0.2, 0) is 0 Å². The molecule has 2 aromatic carbocycles. The zero-order valence-electron chi connectivity index (χ0n) is 9.45. The Hall–Kier alpha value is -1.23. The Morgan fingerprint density at radius 2 is 1.95 bits per heavy atom. The summed E-state index contributed by atoms with van der Waals surface area (Å²) >= 11 is 15.8. The molecule has 0 spiro atoms. The van der Waals surface area contributed by atoms with Gasteiger partial charge in [-0.25, -0.2) is 0 Å². The Labute approximate surface area is 127 Å². The van der Waals surface area contributed by atoms with Crippen molar-refractivity contribution in [1.82, 2.24) is 4.98 Å². The highest BCUT2D eigenvalue weighted by molar-refractivity contribution is 9.10. The molecular weight excluding hydrogens is 351 g/mol. The van der Waals surface area contributed by atoms with E-state index in [0.717, 1.165) is 15.6 Å². The first kappa shape index (κ1) is 12.8. The van der Waals surface area contributed by atoms with Gasteiger partial charge < -0.3 is 10.2 Å². The molecule has 0 fully saturated rings. The number of nitrogens with two attached hydrogens (primary N) is 1. The Morgan fingerprint density at radius 1 is 1.16 bits per heavy atom. The smallest absolute Gasteiger partial charge is 0.293 e. The van der Waals surface area contributed by atoms with Gasteiger partial charge in [0.1, 0.15) is 5.52 Å². The number of fused-ring (bicyclic) bond motifs is 1. The topological polar surface area (TPSA) is 52.0 Å². The largest absolute Gasteiger partial charge is 0.422 e. The third-order valence-electron chi connectivity index (χ3n) is 2.74. The van der Waals surface area contributed by atoms with Gasteiger partial charge in [0.2, 0.25) is 0 Å². The zero-order valence-corrected chi connectivity index (χ0v) is 12.6. The lowest BCUT2D eigenvalue weighted by molar-refractivity contribution is 0.626. The van der Waals surface area contributed by atoms with E-state index in [1.807, 2.05) is 30.3 Å². The summed E-state index contributed by atoms with van der Waals surface area (Å²) in [6.45, 7) is 0. The predicted molar refractivity (Wildman–Crippen MR) is 81.6 cm³/mol. The first-order valence-electron chi connectivity index (χ1n) is 5.36. The van der Waals surface area contributed by atoms with Gasteiger partial charge in [-0.15, -0.1) is 0 Å². The number of rotatable bonds is 1. The van der Waals surface area contributed by atoms with Gasteiger partial charge in [0.15, 0.2) is 5.58 Å². The van der Waals surface area contributed by atoms with Crippen LogP contribution >= 0.6 is 39.1 Å². The minimum Gasteiger partial charge on any atom is -0.422 e. The van der Waals surface area contributed by atoms with Crippen LogP contribution in [-0.4, -0.2) is 4.98 Å². The summed E-state index contributed by atoms with van der Waals surface area (Å²) in [5, 5.41) is 1.09. The maximum absolute atomic E-state index is 6.34. The maximum atomic E-state index is 6.34. The monoisotopic (exact) mass is 356 g/mol. The predicted octanol–water partition coefficient (Wildman–Crippen LogP) is 5.15. The van der Waals surface area contributed by atoms with Crippen LogP contribution in [0.1, 0.15) is 0 Å². The van der Waals surface area contributed by atoms with Gasteiger partial charge in [0.05, 0.1) is 10.0 Å². The summed E-state index contributed by atoms with van der Waals surface area (Å²) in [4.78, 5) is 4.03. The second-order valence-corrected chi connectivity index (χ2v) is 5.60. The summed E-state index contributed by atoms with van der Waals surface area (Å²) in [7, 11) is 0. The van der Waals surface area contributed by atoms with Crippen LogP contribution in [0.3, 0.4) is 0 Å². The van der Waals surface area contributed by atoms with E-state index in [1.165, 1.54) is 0 Å². The lowest BCUT2D eigenvalue weighted by atomic mass is 10.1. The lowest BCUT2D eigenvalue weighted by Gasteiger charge is -2.06. The second-order valence-electron chi connectivity index (χ2n) is 3.96. The summed E-state index contributed by atoms with van der Waals surface area (Å²) in [6, 6.07) is 9.40. The molecule has 0 amide bonds. The Kier molecular flexibility index (Phi) is 3.17. The highest BCUT2D eigenvalue weighted by atomic mass is 79.9. The van der Waals surface area contributed by atoms with E-state index in [4.69, 9.17) is 33.4 Å². The summed E-state index contributed by atoms with van der Waals surface area (Å²) in [5.41, 5.74) is 8.36. The van der Waals surface area contributed by atoms with Crippen molar-refractivity contribution >= 4 is 56.2 Å². The van der Waals surface area contributed by atoms with Crippen LogP contribution in [0, 0.1) is 0 Å². The molecule has 0 aliphatic heterocycles. The molecule has 0 saturated heterocycles. The molecule has 3 aromatic rings. The van der Waals surface area contributed by atoms with E-state index in [-0.39, 0.29) is 6.01 Å². The SMILES string of the molecule is Nc1nc2ccc(-c3ccc(Br)c(Cl)c3)c(Cl)c2o1. The number of nitrogen functional groups attached to an aromatic ring is 1. The van der Waals surface area contributed by atoms with Crippen LogP contribution in [0.25, 0.3) is 22.2 Å². The molecule has 96 valence electrons. The number of benzene rings is 2. The Balaban J connectivity index is 2.24. The fourth-order valence-electron chi connectivity index (χ4n) is 1.86. The molecule has 3 rings (SSSR count). The van der Waals surface area contributed by atoms with Gasteiger partial charge >= 0.3 is 0 Å². The van der Waals surface area contributed by atoms with Gasteiger partial charge in [-0.05, 0) is 39.7 Å². The molecule has 19 heavy (non-hydrogen) atoms. The standard InChI is InChI=1S/C13H7BrCl2N2O/c14-8-3-1-6(5-9(8)15)7-2-4-10-12(11(7)16)19-13(17)18-10/h1-5H,(H2,17,18). The number of hydrogen-bond acceptors (Lipinski definition) is 3. The zero-order chi connectivity index (χ0) is 13.6. The van der Waals surface area contributed by atoms with E-state index < -0.39 is 0 Å². The van der Waals surface area contributed by atoms with E-state index in [2.05, 4.69) is 20.9 Å². The quantitative estimate of drug-likeness (QED) is 0.655. The number of hydrogen-bond donors (Lipinski definition) is 1. The fourth-order valence-corrected chi connectivity index (χ4v) is 2.60. The van der Waals surface area contributed by atoms with Crippen molar-refractivity contribution in [2.24, 2.45) is 0 Å². The Morgan fingerprint density at radius 3 is 2.68 bits per heavy atom.